The Morgan fingerprint density at radius 2 is 1.75 bits per heavy atom. The van der Waals surface area contributed by atoms with Crippen LogP contribution in [0.4, 0.5) is 0 Å². The molecule has 0 saturated carbocycles. The average molecular weight is 212 g/mol. The Labute approximate surface area is 96.8 Å². The first kappa shape index (κ1) is 12.2. The summed E-state index contributed by atoms with van der Waals surface area (Å²) in [4.78, 5) is 11.7. The van der Waals surface area contributed by atoms with Crippen LogP contribution < -0.4 is 0 Å². The second kappa shape index (κ2) is 6.57. The zero-order valence-electron chi connectivity index (χ0n) is 9.68. The van der Waals surface area contributed by atoms with Gasteiger partial charge < -0.3 is 0 Å². The molecule has 1 aromatic carbocycles. The van der Waals surface area contributed by atoms with Crippen LogP contribution in [-0.4, -0.2) is 5.78 Å². The molecule has 0 radical (unpaired) electrons. The lowest BCUT2D eigenvalue weighted by molar-refractivity contribution is -0.111. The summed E-state index contributed by atoms with van der Waals surface area (Å²) in [5.74, 6) is 0.0319. The fourth-order valence-electron chi connectivity index (χ4n) is 1.33. The lowest BCUT2D eigenvalue weighted by Crippen LogP contribution is -1.94. The van der Waals surface area contributed by atoms with Crippen molar-refractivity contribution >= 4 is 11.9 Å². The van der Waals surface area contributed by atoms with Crippen LogP contribution in [0.25, 0.3) is 6.08 Å². The third-order valence-electron chi connectivity index (χ3n) is 2.17. The first-order valence-corrected chi connectivity index (χ1v) is 5.34. The quantitative estimate of drug-likeness (QED) is 0.548. The Morgan fingerprint density at radius 1 is 1.06 bits per heavy atom. The number of carbonyl (C=O) groups excluding carboxylic acids is 1. The number of allylic oxidation sites excluding steroid dienone is 5. The second-order valence-electron chi connectivity index (χ2n) is 3.35. The lowest BCUT2D eigenvalue weighted by atomic mass is 10.1. The van der Waals surface area contributed by atoms with Crippen LogP contribution in [0, 0.1) is 0 Å². The fourth-order valence-corrected chi connectivity index (χ4v) is 1.33. The Bertz CT molecular complexity index is 422. The molecule has 0 saturated heterocycles. The van der Waals surface area contributed by atoms with E-state index in [9.17, 15) is 4.79 Å². The number of hydrogen-bond acceptors (Lipinski definition) is 1. The van der Waals surface area contributed by atoms with Crippen LogP contribution in [-0.2, 0) is 4.79 Å². The van der Waals surface area contributed by atoms with Crippen molar-refractivity contribution in [1.29, 1.82) is 0 Å². The Hall–Kier alpha value is -1.89. The molecule has 0 spiro atoms. The summed E-state index contributed by atoms with van der Waals surface area (Å²) >= 11 is 0. The molecule has 0 fully saturated rings. The van der Waals surface area contributed by atoms with E-state index in [1.54, 1.807) is 6.08 Å². The lowest BCUT2D eigenvalue weighted by Gasteiger charge is -1.95. The van der Waals surface area contributed by atoms with Crippen molar-refractivity contribution in [1.82, 2.24) is 0 Å². The van der Waals surface area contributed by atoms with E-state index < -0.39 is 0 Å². The number of hydrogen-bond donors (Lipinski definition) is 0. The van der Waals surface area contributed by atoms with E-state index in [4.69, 9.17) is 0 Å². The Balaban J connectivity index is 2.75. The van der Waals surface area contributed by atoms with E-state index in [2.05, 4.69) is 0 Å². The topological polar surface area (TPSA) is 17.1 Å². The SMILES string of the molecule is C/C=C\C(=C/C)C(=O)/C=C/c1ccccc1. The van der Waals surface area contributed by atoms with Crippen molar-refractivity contribution in [3.63, 3.8) is 0 Å². The third-order valence-corrected chi connectivity index (χ3v) is 2.17. The van der Waals surface area contributed by atoms with Gasteiger partial charge in [0.1, 0.15) is 0 Å². The van der Waals surface area contributed by atoms with Gasteiger partial charge in [0.25, 0.3) is 0 Å². The standard InChI is InChI=1S/C15H16O/c1-3-8-14(4-2)15(16)12-11-13-9-6-5-7-10-13/h3-12H,1-2H3/b8-3-,12-11+,14-4+. The maximum Gasteiger partial charge on any atom is 0.185 e. The largest absolute Gasteiger partial charge is 0.289 e. The summed E-state index contributed by atoms with van der Waals surface area (Å²) in [6.45, 7) is 3.77. The molecule has 0 aliphatic carbocycles. The van der Waals surface area contributed by atoms with Crippen LogP contribution in [0.5, 0.6) is 0 Å². The molecule has 82 valence electrons. The summed E-state index contributed by atoms with van der Waals surface area (Å²) < 4.78 is 0. The first-order valence-electron chi connectivity index (χ1n) is 5.34. The van der Waals surface area contributed by atoms with Gasteiger partial charge in [-0.1, -0.05) is 54.6 Å². The van der Waals surface area contributed by atoms with Gasteiger partial charge in [-0.2, -0.15) is 0 Å². The molecule has 0 aromatic heterocycles. The summed E-state index contributed by atoms with van der Waals surface area (Å²) in [6.07, 6.45) is 8.93. The van der Waals surface area contributed by atoms with Crippen molar-refractivity contribution in [2.75, 3.05) is 0 Å². The summed E-state index contributed by atoms with van der Waals surface area (Å²) in [5, 5.41) is 0. The van der Waals surface area contributed by atoms with Crippen LogP contribution in [0.1, 0.15) is 19.4 Å². The number of ketones is 1. The number of benzene rings is 1. The van der Waals surface area contributed by atoms with Gasteiger partial charge in [-0.3, -0.25) is 4.79 Å². The molecule has 0 aliphatic heterocycles. The van der Waals surface area contributed by atoms with Crippen molar-refractivity contribution in [2.45, 2.75) is 13.8 Å². The maximum absolute atomic E-state index is 11.7. The fraction of sp³-hybridized carbons (Fsp3) is 0.133. The van der Waals surface area contributed by atoms with Gasteiger partial charge in [0.05, 0.1) is 0 Å². The van der Waals surface area contributed by atoms with Crippen LogP contribution in [0.3, 0.4) is 0 Å². The van der Waals surface area contributed by atoms with Gasteiger partial charge in [0.2, 0.25) is 0 Å². The van der Waals surface area contributed by atoms with E-state index in [1.807, 2.05) is 68.5 Å². The van der Waals surface area contributed by atoms with Gasteiger partial charge in [-0.25, -0.2) is 0 Å². The number of carbonyl (C=O) groups is 1. The minimum atomic E-state index is 0.0319. The molecular weight excluding hydrogens is 196 g/mol. The minimum absolute atomic E-state index is 0.0319. The van der Waals surface area contributed by atoms with E-state index in [1.165, 1.54) is 0 Å². The second-order valence-corrected chi connectivity index (χ2v) is 3.35. The molecular formula is C15H16O. The smallest absolute Gasteiger partial charge is 0.185 e. The summed E-state index contributed by atoms with van der Waals surface area (Å²) in [5.41, 5.74) is 1.75. The normalized spacial score (nSPS) is 12.5. The molecule has 0 N–H and O–H groups in total. The van der Waals surface area contributed by atoms with Crippen molar-refractivity contribution in [2.24, 2.45) is 0 Å². The Morgan fingerprint density at radius 3 is 2.31 bits per heavy atom. The molecule has 1 aromatic rings. The predicted molar refractivity (Wildman–Crippen MR) is 69.1 cm³/mol. The van der Waals surface area contributed by atoms with Crippen molar-refractivity contribution < 1.29 is 4.79 Å². The summed E-state index contributed by atoms with van der Waals surface area (Å²) in [6, 6.07) is 9.79. The van der Waals surface area contributed by atoms with Gasteiger partial charge in [0.15, 0.2) is 5.78 Å². The molecule has 0 bridgehead atoms. The predicted octanol–water partition coefficient (Wildman–Crippen LogP) is 3.79. The molecule has 0 amide bonds. The van der Waals surface area contributed by atoms with Gasteiger partial charge in [-0.15, -0.1) is 0 Å². The summed E-state index contributed by atoms with van der Waals surface area (Å²) in [7, 11) is 0. The van der Waals surface area contributed by atoms with Gasteiger partial charge in [0, 0.05) is 5.57 Å². The molecule has 1 rings (SSSR count). The van der Waals surface area contributed by atoms with Crippen LogP contribution >= 0.6 is 0 Å². The van der Waals surface area contributed by atoms with Crippen molar-refractivity contribution in [3.05, 3.63) is 65.8 Å². The van der Waals surface area contributed by atoms with Crippen LogP contribution in [0.15, 0.2) is 60.2 Å². The maximum atomic E-state index is 11.7. The zero-order valence-corrected chi connectivity index (χ0v) is 9.68. The molecule has 0 aliphatic rings. The first-order chi connectivity index (χ1) is 7.77. The minimum Gasteiger partial charge on any atom is -0.289 e. The van der Waals surface area contributed by atoms with E-state index >= 15 is 0 Å². The highest BCUT2D eigenvalue weighted by molar-refractivity contribution is 6.08. The molecule has 1 heteroatoms. The van der Waals surface area contributed by atoms with Crippen molar-refractivity contribution in [3.8, 4) is 0 Å². The van der Waals surface area contributed by atoms with Crippen LogP contribution in [0.2, 0.25) is 0 Å². The van der Waals surface area contributed by atoms with E-state index in [0.717, 1.165) is 11.1 Å². The van der Waals surface area contributed by atoms with E-state index in [-0.39, 0.29) is 5.78 Å². The molecule has 1 nitrogen and oxygen atoms in total. The molecule has 16 heavy (non-hydrogen) atoms. The Kier molecular flexibility index (Phi) is 5.00. The van der Waals surface area contributed by atoms with Gasteiger partial charge in [-0.05, 0) is 25.5 Å². The molecule has 0 atom stereocenters. The van der Waals surface area contributed by atoms with E-state index in [0.29, 0.717) is 0 Å². The highest BCUT2D eigenvalue weighted by atomic mass is 16.1. The molecule has 0 heterocycles. The third kappa shape index (κ3) is 3.70. The molecule has 0 unspecified atom stereocenters. The highest BCUT2D eigenvalue weighted by Crippen LogP contribution is 2.05. The monoisotopic (exact) mass is 212 g/mol. The average Bonchev–Trinajstić information content (AvgIpc) is 2.34. The number of rotatable bonds is 4. The zero-order chi connectivity index (χ0) is 11.8. The highest BCUT2D eigenvalue weighted by Gasteiger charge is 1.99. The van der Waals surface area contributed by atoms with Gasteiger partial charge >= 0.3 is 0 Å².